The third-order valence-electron chi connectivity index (χ3n) is 5.96. The number of methoxy groups -OCH3 is 1. The maximum Gasteiger partial charge on any atom is 0.231 e. The van der Waals surface area contributed by atoms with Crippen LogP contribution in [0, 0.1) is 12.8 Å². The van der Waals surface area contributed by atoms with Crippen molar-refractivity contribution >= 4 is 23.5 Å². The Labute approximate surface area is 194 Å². The minimum Gasteiger partial charge on any atom is -0.492 e. The maximum atomic E-state index is 13.6. The van der Waals surface area contributed by atoms with Gasteiger partial charge in [-0.1, -0.05) is 26.0 Å². The molecule has 0 unspecified atom stereocenters. The number of aryl methyl sites for hydroxylation is 1. The fourth-order valence-electron chi connectivity index (χ4n) is 4.16. The average molecular weight is 451 g/mol. The summed E-state index contributed by atoms with van der Waals surface area (Å²) in [7, 11) is 3.50. The van der Waals surface area contributed by atoms with Crippen molar-refractivity contribution in [1.29, 1.82) is 0 Å². The van der Waals surface area contributed by atoms with Gasteiger partial charge in [0.1, 0.15) is 0 Å². The molecule has 2 aliphatic heterocycles. The Morgan fingerprint density at radius 1 is 1.21 bits per heavy atom. The second-order valence-corrected chi connectivity index (χ2v) is 8.92. The predicted octanol–water partition coefficient (Wildman–Crippen LogP) is 4.43. The Kier molecular flexibility index (Phi) is 6.31. The van der Waals surface area contributed by atoms with Crippen molar-refractivity contribution in [3.8, 4) is 17.2 Å². The van der Waals surface area contributed by atoms with Crippen LogP contribution in [0.3, 0.4) is 0 Å². The minimum atomic E-state index is -0.121. The van der Waals surface area contributed by atoms with Gasteiger partial charge in [-0.2, -0.15) is 0 Å². The van der Waals surface area contributed by atoms with Gasteiger partial charge in [0.15, 0.2) is 11.5 Å². The molecule has 0 aromatic heterocycles. The zero-order valence-electron chi connectivity index (χ0n) is 19.8. The lowest BCUT2D eigenvalue weighted by molar-refractivity contribution is -0.116. The summed E-state index contributed by atoms with van der Waals surface area (Å²) in [6, 6.07) is 7.38. The summed E-state index contributed by atoms with van der Waals surface area (Å²) in [5, 5.41) is 2.95. The van der Waals surface area contributed by atoms with Crippen LogP contribution in [0.25, 0.3) is 6.08 Å². The number of allylic oxidation sites excluding steroid dienone is 1. The number of nitrogens with zero attached hydrogens (tertiary/aromatic N) is 1. The third kappa shape index (κ3) is 4.53. The average Bonchev–Trinajstić information content (AvgIpc) is 3.17. The molecule has 7 heteroatoms. The van der Waals surface area contributed by atoms with Gasteiger partial charge in [0.25, 0.3) is 0 Å². The van der Waals surface area contributed by atoms with E-state index < -0.39 is 0 Å². The predicted molar refractivity (Wildman–Crippen MR) is 127 cm³/mol. The molecule has 0 spiro atoms. The lowest BCUT2D eigenvalue weighted by Gasteiger charge is -2.20. The van der Waals surface area contributed by atoms with Crippen LogP contribution in [0.15, 0.2) is 30.0 Å². The van der Waals surface area contributed by atoms with Crippen molar-refractivity contribution in [2.24, 2.45) is 5.92 Å². The number of nitrogens with one attached hydrogen (secondary N) is 1. The van der Waals surface area contributed by atoms with E-state index in [1.54, 1.807) is 19.2 Å². The number of benzene rings is 2. The summed E-state index contributed by atoms with van der Waals surface area (Å²) in [6.07, 6.45) is 3.02. The molecule has 1 amide bonds. The van der Waals surface area contributed by atoms with Crippen molar-refractivity contribution in [3.05, 3.63) is 52.2 Å². The van der Waals surface area contributed by atoms with E-state index in [1.807, 2.05) is 50.9 Å². The van der Waals surface area contributed by atoms with Crippen LogP contribution >= 0.6 is 0 Å². The molecule has 4 rings (SSSR count). The molecule has 0 saturated carbocycles. The van der Waals surface area contributed by atoms with E-state index in [2.05, 4.69) is 5.32 Å². The summed E-state index contributed by atoms with van der Waals surface area (Å²) in [5.74, 6) is 1.88. The van der Waals surface area contributed by atoms with Gasteiger partial charge in [0, 0.05) is 36.8 Å². The lowest BCUT2D eigenvalue weighted by Crippen LogP contribution is -2.25. The van der Waals surface area contributed by atoms with Crippen LogP contribution in [0.5, 0.6) is 17.2 Å². The van der Waals surface area contributed by atoms with Crippen LogP contribution in [0.2, 0.25) is 0 Å². The summed E-state index contributed by atoms with van der Waals surface area (Å²) >= 11 is 0. The van der Waals surface area contributed by atoms with E-state index in [9.17, 15) is 9.59 Å². The lowest BCUT2D eigenvalue weighted by atomic mass is 10.00. The number of Topliss-reactive ketones (excluding diaryl/α,β-unsaturated/α-hetero) is 1. The highest BCUT2D eigenvalue weighted by atomic mass is 16.7. The SMILES string of the molecule is COc1c2c(cc3c1OCO3)CCN(C)C(C(=O)c1ccc(C)c(NC(=O)CC(C)C)c1)=C2. The van der Waals surface area contributed by atoms with Crippen molar-refractivity contribution in [2.75, 3.05) is 32.8 Å². The smallest absolute Gasteiger partial charge is 0.231 e. The van der Waals surface area contributed by atoms with E-state index in [0.717, 1.165) is 23.1 Å². The number of likely N-dealkylation sites (N-methyl/N-ethyl adjacent to an activating group) is 1. The van der Waals surface area contributed by atoms with Gasteiger partial charge in [0.05, 0.1) is 12.8 Å². The molecule has 0 radical (unpaired) electrons. The minimum absolute atomic E-state index is 0.0572. The van der Waals surface area contributed by atoms with Crippen molar-refractivity contribution < 1.29 is 23.8 Å². The summed E-state index contributed by atoms with van der Waals surface area (Å²) in [4.78, 5) is 27.9. The number of hydrogen-bond acceptors (Lipinski definition) is 6. The number of carbonyl (C=O) groups excluding carboxylic acids is 2. The van der Waals surface area contributed by atoms with Crippen LogP contribution in [-0.4, -0.2) is 44.1 Å². The highest BCUT2D eigenvalue weighted by molar-refractivity contribution is 6.12. The number of carbonyl (C=O) groups is 2. The zero-order chi connectivity index (χ0) is 23.7. The van der Waals surface area contributed by atoms with E-state index >= 15 is 0 Å². The first kappa shape index (κ1) is 22.7. The zero-order valence-corrected chi connectivity index (χ0v) is 19.8. The number of rotatable bonds is 6. The first-order valence-electron chi connectivity index (χ1n) is 11.2. The van der Waals surface area contributed by atoms with Gasteiger partial charge in [0.2, 0.25) is 24.2 Å². The fourth-order valence-corrected chi connectivity index (χ4v) is 4.16. The number of anilines is 1. The van der Waals surface area contributed by atoms with Gasteiger partial charge < -0.3 is 24.4 Å². The van der Waals surface area contributed by atoms with Crippen LogP contribution < -0.4 is 19.5 Å². The summed E-state index contributed by atoms with van der Waals surface area (Å²) in [5.41, 5.74) is 4.50. The Balaban J connectivity index is 1.71. The highest BCUT2D eigenvalue weighted by Gasteiger charge is 2.28. The molecule has 33 heavy (non-hydrogen) atoms. The van der Waals surface area contributed by atoms with E-state index in [1.165, 1.54) is 0 Å². The number of ketones is 1. The normalized spacial score (nSPS) is 14.5. The molecule has 0 atom stereocenters. The van der Waals surface area contributed by atoms with Gasteiger partial charge in [-0.25, -0.2) is 0 Å². The Morgan fingerprint density at radius 2 is 2.00 bits per heavy atom. The van der Waals surface area contributed by atoms with Gasteiger partial charge in [-0.3, -0.25) is 9.59 Å². The quantitative estimate of drug-likeness (QED) is 0.656. The van der Waals surface area contributed by atoms with Gasteiger partial charge >= 0.3 is 0 Å². The van der Waals surface area contributed by atoms with E-state index in [4.69, 9.17) is 14.2 Å². The topological polar surface area (TPSA) is 77.1 Å². The van der Waals surface area contributed by atoms with Crippen LogP contribution in [0.1, 0.15) is 47.3 Å². The maximum absolute atomic E-state index is 13.6. The molecule has 0 saturated heterocycles. The van der Waals surface area contributed by atoms with E-state index in [0.29, 0.717) is 47.2 Å². The van der Waals surface area contributed by atoms with Gasteiger partial charge in [-0.15, -0.1) is 0 Å². The molecule has 2 aliphatic rings. The molecule has 0 fully saturated rings. The fraction of sp³-hybridized carbons (Fsp3) is 0.385. The van der Waals surface area contributed by atoms with Crippen molar-refractivity contribution in [1.82, 2.24) is 4.90 Å². The van der Waals surface area contributed by atoms with Crippen LogP contribution in [0.4, 0.5) is 5.69 Å². The second kappa shape index (κ2) is 9.17. The molecule has 0 aliphatic carbocycles. The largest absolute Gasteiger partial charge is 0.492 e. The Morgan fingerprint density at radius 3 is 2.73 bits per heavy atom. The molecule has 2 aromatic rings. The number of hydrogen-bond donors (Lipinski definition) is 1. The van der Waals surface area contributed by atoms with Crippen molar-refractivity contribution in [3.63, 3.8) is 0 Å². The molecular weight excluding hydrogens is 420 g/mol. The standard InChI is InChI=1S/C26H30N2O5/c1-15(2)10-23(29)27-20-11-18(7-6-16(20)3)24(30)21-13-19-17(8-9-28(21)4)12-22-26(25(19)31-5)33-14-32-22/h6-7,11-13,15H,8-10,14H2,1-5H3,(H,27,29). The molecule has 2 heterocycles. The third-order valence-corrected chi connectivity index (χ3v) is 5.96. The van der Waals surface area contributed by atoms with E-state index in [-0.39, 0.29) is 24.4 Å². The van der Waals surface area contributed by atoms with Crippen LogP contribution in [-0.2, 0) is 11.2 Å². The first-order chi connectivity index (χ1) is 15.8. The molecule has 0 bridgehead atoms. The first-order valence-corrected chi connectivity index (χ1v) is 11.2. The second-order valence-electron chi connectivity index (χ2n) is 8.92. The number of fused-ring (bicyclic) bond motifs is 2. The van der Waals surface area contributed by atoms with Gasteiger partial charge in [-0.05, 0) is 48.6 Å². The summed E-state index contributed by atoms with van der Waals surface area (Å²) < 4.78 is 16.8. The molecule has 1 N–H and O–H groups in total. The number of amides is 1. The molecule has 174 valence electrons. The highest BCUT2D eigenvalue weighted by Crippen LogP contribution is 2.46. The molecule has 7 nitrogen and oxygen atoms in total. The molecular formula is C26H30N2O5. The Hall–Kier alpha value is -3.48. The number of ether oxygens (including phenoxy) is 3. The summed E-state index contributed by atoms with van der Waals surface area (Å²) in [6.45, 7) is 6.73. The Bertz CT molecular complexity index is 1140. The molecule has 2 aromatic carbocycles. The monoisotopic (exact) mass is 450 g/mol. The van der Waals surface area contributed by atoms with Crippen molar-refractivity contribution in [2.45, 2.75) is 33.6 Å².